The van der Waals surface area contributed by atoms with E-state index in [2.05, 4.69) is 10.6 Å². The fourth-order valence-corrected chi connectivity index (χ4v) is 3.56. The van der Waals surface area contributed by atoms with Crippen LogP contribution in [0.3, 0.4) is 0 Å². The fourth-order valence-electron chi connectivity index (χ4n) is 2.57. The van der Waals surface area contributed by atoms with Crippen LogP contribution in [0.2, 0.25) is 0 Å². The minimum Gasteiger partial charge on any atom is -0.479 e. The van der Waals surface area contributed by atoms with Gasteiger partial charge in [-0.3, -0.25) is 13.9 Å². The van der Waals surface area contributed by atoms with Gasteiger partial charge < -0.3 is 25.4 Å². The van der Waals surface area contributed by atoms with Crippen molar-refractivity contribution in [1.82, 2.24) is 10.6 Å². The summed E-state index contributed by atoms with van der Waals surface area (Å²) in [7, 11) is -4.48. The topological polar surface area (TPSA) is 151 Å². The number of amides is 2. The van der Waals surface area contributed by atoms with E-state index in [4.69, 9.17) is 9.26 Å². The molecule has 0 spiro atoms. The van der Waals surface area contributed by atoms with Crippen LogP contribution in [0.25, 0.3) is 0 Å². The van der Waals surface area contributed by atoms with Crippen LogP contribution in [0.1, 0.15) is 18.1 Å². The van der Waals surface area contributed by atoms with Crippen molar-refractivity contribution in [2.45, 2.75) is 32.1 Å². The second-order valence-electron chi connectivity index (χ2n) is 6.89. The molecule has 4 N–H and O–H groups in total. The lowest BCUT2D eigenvalue weighted by Gasteiger charge is -2.20. The fraction of sp³-hybridized carbons (Fsp3) is 0.286. The minimum atomic E-state index is -4.48. The van der Waals surface area contributed by atoms with Gasteiger partial charge in [-0.25, -0.2) is 9.59 Å². The Balaban J connectivity index is 1.80. The van der Waals surface area contributed by atoms with Gasteiger partial charge in [0.2, 0.25) is 5.91 Å². The molecule has 0 fully saturated rings. The maximum atomic E-state index is 12.3. The molecule has 11 heteroatoms. The Kier molecular flexibility index (Phi) is 9.39. The van der Waals surface area contributed by atoms with Crippen molar-refractivity contribution in [1.29, 1.82) is 0 Å². The lowest BCUT2D eigenvalue weighted by Crippen LogP contribution is -2.45. The van der Waals surface area contributed by atoms with Crippen LogP contribution >= 0.6 is 7.60 Å². The molecule has 2 aromatic carbocycles. The van der Waals surface area contributed by atoms with Gasteiger partial charge in [0.25, 0.3) is 0 Å². The van der Waals surface area contributed by atoms with Crippen LogP contribution < -0.4 is 10.6 Å². The Morgan fingerprint density at radius 3 is 2.12 bits per heavy atom. The molecule has 3 unspecified atom stereocenters. The van der Waals surface area contributed by atoms with Gasteiger partial charge in [-0.15, -0.1) is 0 Å². The molecule has 0 heterocycles. The third-order valence-electron chi connectivity index (χ3n) is 4.22. The van der Waals surface area contributed by atoms with Gasteiger partial charge in [-0.1, -0.05) is 60.7 Å². The number of hydrogen-bond acceptors (Lipinski definition) is 6. The lowest BCUT2D eigenvalue weighted by atomic mass is 10.1. The summed E-state index contributed by atoms with van der Waals surface area (Å²) in [6, 6.07) is 16.3. The molecule has 2 aromatic rings. The molecule has 0 bridgehead atoms. The number of alkyl carbamates (subject to hydrolysis) is 1. The van der Waals surface area contributed by atoms with Crippen LogP contribution in [0.4, 0.5) is 4.79 Å². The zero-order valence-corrected chi connectivity index (χ0v) is 18.2. The van der Waals surface area contributed by atoms with Gasteiger partial charge in [0.15, 0.2) is 6.10 Å². The predicted octanol–water partition coefficient (Wildman–Crippen LogP) is 2.27. The molecule has 0 aliphatic rings. The normalized spacial score (nSPS) is 14.4. The highest BCUT2D eigenvalue weighted by Gasteiger charge is 2.31. The van der Waals surface area contributed by atoms with Gasteiger partial charge >= 0.3 is 19.7 Å². The highest BCUT2D eigenvalue weighted by atomic mass is 31.2. The van der Waals surface area contributed by atoms with Crippen LogP contribution in [0.5, 0.6) is 0 Å². The highest BCUT2D eigenvalue weighted by molar-refractivity contribution is 7.52. The molecule has 0 aliphatic heterocycles. The van der Waals surface area contributed by atoms with E-state index in [1.807, 2.05) is 6.07 Å². The third kappa shape index (κ3) is 8.89. The molecule has 3 atom stereocenters. The number of carbonyl (C=O) groups excluding carboxylic acids is 2. The van der Waals surface area contributed by atoms with Crippen molar-refractivity contribution >= 4 is 25.6 Å². The maximum absolute atomic E-state index is 12.3. The number of carboxylic acid groups (broad SMARTS) is 1. The first-order valence-electron chi connectivity index (χ1n) is 9.68. The van der Waals surface area contributed by atoms with Crippen LogP contribution in [-0.4, -0.2) is 46.4 Å². The third-order valence-corrected chi connectivity index (χ3v) is 5.37. The zero-order valence-electron chi connectivity index (χ0n) is 17.3. The SMILES string of the molecule is CC(NC(=O)OCc1ccccc1)C(=O)NCP(=O)(O)OC(Cc1ccccc1)C(=O)O. The number of hydrogen-bond donors (Lipinski definition) is 4. The molecule has 2 amide bonds. The lowest BCUT2D eigenvalue weighted by molar-refractivity contribution is -0.145. The van der Waals surface area contributed by atoms with Crippen molar-refractivity contribution in [2.24, 2.45) is 0 Å². The number of carbonyl (C=O) groups is 3. The van der Waals surface area contributed by atoms with Crippen molar-refractivity contribution in [3.8, 4) is 0 Å². The van der Waals surface area contributed by atoms with Gasteiger partial charge in [-0.05, 0) is 18.1 Å². The minimum absolute atomic E-state index is 0.0126. The van der Waals surface area contributed by atoms with E-state index in [0.717, 1.165) is 5.56 Å². The monoisotopic (exact) mass is 464 g/mol. The standard InChI is InChI=1S/C21H25N2O8P/c1-15(23-21(27)30-13-17-10-6-3-7-11-17)19(24)22-14-32(28,29)31-18(20(25)26)12-16-8-4-2-5-9-16/h2-11,15,18H,12-14H2,1H3,(H,22,24)(H,23,27)(H,25,26)(H,28,29). The summed E-state index contributed by atoms with van der Waals surface area (Å²) in [5.74, 6) is -2.18. The van der Waals surface area contributed by atoms with Crippen molar-refractivity contribution in [2.75, 3.05) is 6.29 Å². The Hall–Kier alpha value is -3.20. The molecular weight excluding hydrogens is 439 g/mol. The largest absolute Gasteiger partial charge is 0.479 e. The Bertz CT molecular complexity index is 955. The van der Waals surface area contributed by atoms with Gasteiger partial charge in [0.1, 0.15) is 18.9 Å². The molecule has 172 valence electrons. The number of ether oxygens (including phenoxy) is 1. The molecule has 0 saturated carbocycles. The molecule has 0 aliphatic carbocycles. The summed E-state index contributed by atoms with van der Waals surface area (Å²) >= 11 is 0. The van der Waals surface area contributed by atoms with Crippen molar-refractivity contribution < 1.29 is 38.2 Å². The van der Waals surface area contributed by atoms with E-state index in [9.17, 15) is 28.9 Å². The summed E-state index contributed by atoms with van der Waals surface area (Å²) in [5.41, 5.74) is 1.37. The molecule has 2 rings (SSSR count). The summed E-state index contributed by atoms with van der Waals surface area (Å²) in [4.78, 5) is 45.3. The summed E-state index contributed by atoms with van der Waals surface area (Å²) in [5, 5.41) is 13.8. The average Bonchev–Trinajstić information content (AvgIpc) is 2.77. The van der Waals surface area contributed by atoms with Gasteiger partial charge in [-0.2, -0.15) is 0 Å². The molecule has 32 heavy (non-hydrogen) atoms. The van der Waals surface area contributed by atoms with Crippen molar-refractivity contribution in [3.05, 3.63) is 71.8 Å². The van der Waals surface area contributed by atoms with E-state index in [-0.39, 0.29) is 13.0 Å². The second kappa shape index (κ2) is 12.0. The molecule has 10 nitrogen and oxygen atoms in total. The van der Waals surface area contributed by atoms with Gasteiger partial charge in [0, 0.05) is 6.42 Å². The van der Waals surface area contributed by atoms with Gasteiger partial charge in [0.05, 0.1) is 0 Å². The first kappa shape index (κ1) is 25.1. The van der Waals surface area contributed by atoms with Crippen LogP contribution in [0.15, 0.2) is 60.7 Å². The number of rotatable bonds is 11. The number of carboxylic acids is 1. The Labute approximate surface area is 185 Å². The molecular formula is C21H25N2O8P. The Morgan fingerprint density at radius 2 is 1.56 bits per heavy atom. The van der Waals surface area contributed by atoms with E-state index in [1.165, 1.54) is 6.92 Å². The van der Waals surface area contributed by atoms with Crippen LogP contribution in [-0.2, 0) is 36.4 Å². The van der Waals surface area contributed by atoms with E-state index >= 15 is 0 Å². The highest BCUT2D eigenvalue weighted by Crippen LogP contribution is 2.42. The summed E-state index contributed by atoms with van der Waals surface area (Å²) < 4.78 is 22.2. The van der Waals surface area contributed by atoms with Crippen LogP contribution in [0, 0.1) is 0 Å². The maximum Gasteiger partial charge on any atom is 0.408 e. The van der Waals surface area contributed by atoms with Crippen molar-refractivity contribution in [3.63, 3.8) is 0 Å². The Morgan fingerprint density at radius 1 is 1.00 bits per heavy atom. The first-order chi connectivity index (χ1) is 15.2. The first-order valence-corrected chi connectivity index (χ1v) is 11.4. The van der Waals surface area contributed by atoms with E-state index in [1.54, 1.807) is 54.6 Å². The number of nitrogens with one attached hydrogen (secondary N) is 2. The zero-order chi connectivity index (χ0) is 23.6. The van der Waals surface area contributed by atoms with E-state index in [0.29, 0.717) is 5.56 Å². The second-order valence-corrected chi connectivity index (χ2v) is 8.69. The molecule has 0 radical (unpaired) electrons. The predicted molar refractivity (Wildman–Crippen MR) is 115 cm³/mol. The van der Waals surface area contributed by atoms with E-state index < -0.39 is 44.0 Å². The smallest absolute Gasteiger partial charge is 0.408 e. The number of benzene rings is 2. The summed E-state index contributed by atoms with van der Waals surface area (Å²) in [6.45, 7) is 1.37. The molecule has 0 aromatic heterocycles. The summed E-state index contributed by atoms with van der Waals surface area (Å²) in [6.07, 6.45) is -3.36. The number of aliphatic carboxylic acids is 1. The molecule has 0 saturated heterocycles. The average molecular weight is 464 g/mol. The quantitative estimate of drug-likeness (QED) is 0.370.